The maximum atomic E-state index is 13.2. The second-order valence-corrected chi connectivity index (χ2v) is 9.13. The minimum atomic E-state index is -0.828. The van der Waals surface area contributed by atoms with Crippen molar-refractivity contribution in [1.29, 1.82) is 0 Å². The number of amides is 1. The first-order valence-corrected chi connectivity index (χ1v) is 10.6. The van der Waals surface area contributed by atoms with Gasteiger partial charge in [-0.15, -0.1) is 0 Å². The van der Waals surface area contributed by atoms with Gasteiger partial charge in [0.2, 0.25) is 5.91 Å². The van der Waals surface area contributed by atoms with Crippen molar-refractivity contribution >= 4 is 11.9 Å². The Morgan fingerprint density at radius 2 is 1.77 bits per heavy atom. The van der Waals surface area contributed by atoms with Gasteiger partial charge in [0.15, 0.2) is 0 Å². The molecule has 3 atom stereocenters. The lowest BCUT2D eigenvalue weighted by Crippen LogP contribution is -2.48. The van der Waals surface area contributed by atoms with Crippen LogP contribution in [0.3, 0.4) is 0 Å². The molecule has 3 heterocycles. The van der Waals surface area contributed by atoms with Crippen LogP contribution in [0.2, 0.25) is 0 Å². The van der Waals surface area contributed by atoms with Crippen molar-refractivity contribution in [2.75, 3.05) is 26.2 Å². The molecule has 1 saturated carbocycles. The summed E-state index contributed by atoms with van der Waals surface area (Å²) in [5, 5.41) is 16.5. The Bertz CT molecular complexity index is 540. The molecular formula is C20H33N3O3. The minimum absolute atomic E-state index is 0.0334. The fourth-order valence-electron chi connectivity index (χ4n) is 5.92. The van der Waals surface area contributed by atoms with Crippen LogP contribution in [-0.2, 0) is 9.59 Å². The number of likely N-dealkylation sites (tertiary alicyclic amines) is 1. The zero-order valence-electron chi connectivity index (χ0n) is 15.7. The van der Waals surface area contributed by atoms with Gasteiger partial charge in [-0.1, -0.05) is 32.1 Å². The minimum Gasteiger partial charge on any atom is -0.480 e. The highest BCUT2D eigenvalue weighted by atomic mass is 16.4. The van der Waals surface area contributed by atoms with Gasteiger partial charge in [-0.3, -0.25) is 4.79 Å². The topological polar surface area (TPSA) is 81.7 Å². The van der Waals surface area contributed by atoms with Crippen LogP contribution in [0.15, 0.2) is 0 Å². The highest BCUT2D eigenvalue weighted by Gasteiger charge is 2.48. The lowest BCUT2D eigenvalue weighted by atomic mass is 9.77. The molecule has 0 bridgehead atoms. The standard InChI is InChI=1S/C20H33N3O3/c24-18(16-11-20(13-22-16)6-8-21-9-7-20)23-12-15(10-17(23)19(25)26)14-4-2-1-3-5-14/h14-17,21-22H,1-13H2,(H,25,26)/t15-,16?,17+/m1/s1. The number of carbonyl (C=O) groups excluding carboxylic acids is 1. The number of aliphatic carboxylic acids is 1. The Kier molecular flexibility index (Phi) is 5.24. The SMILES string of the molecule is O=C(O)[C@@H]1C[C@@H](C2CCCCC2)CN1C(=O)C1CC2(CCNCC2)CN1. The maximum Gasteiger partial charge on any atom is 0.326 e. The molecule has 1 spiro atoms. The first-order chi connectivity index (χ1) is 12.6. The lowest BCUT2D eigenvalue weighted by molar-refractivity contribution is -0.149. The van der Waals surface area contributed by atoms with Gasteiger partial charge in [-0.2, -0.15) is 0 Å². The first-order valence-electron chi connectivity index (χ1n) is 10.6. The molecule has 4 rings (SSSR count). The van der Waals surface area contributed by atoms with Gasteiger partial charge in [-0.25, -0.2) is 4.79 Å². The molecule has 26 heavy (non-hydrogen) atoms. The van der Waals surface area contributed by atoms with E-state index in [1.807, 2.05) is 0 Å². The molecule has 3 aliphatic heterocycles. The van der Waals surface area contributed by atoms with Crippen LogP contribution in [0.4, 0.5) is 0 Å². The van der Waals surface area contributed by atoms with E-state index in [1.54, 1.807) is 4.90 Å². The van der Waals surface area contributed by atoms with E-state index in [0.717, 1.165) is 38.9 Å². The van der Waals surface area contributed by atoms with Crippen molar-refractivity contribution in [3.63, 3.8) is 0 Å². The smallest absolute Gasteiger partial charge is 0.326 e. The second kappa shape index (κ2) is 7.47. The highest BCUT2D eigenvalue weighted by molar-refractivity contribution is 5.88. The molecule has 146 valence electrons. The zero-order valence-corrected chi connectivity index (χ0v) is 15.7. The van der Waals surface area contributed by atoms with Crippen molar-refractivity contribution in [2.24, 2.45) is 17.3 Å². The summed E-state index contributed by atoms with van der Waals surface area (Å²) >= 11 is 0. The predicted octanol–water partition coefficient (Wildman–Crippen LogP) is 1.60. The summed E-state index contributed by atoms with van der Waals surface area (Å²) in [6.45, 7) is 3.58. The number of hydrogen-bond donors (Lipinski definition) is 3. The van der Waals surface area contributed by atoms with Crippen molar-refractivity contribution in [2.45, 2.75) is 69.9 Å². The van der Waals surface area contributed by atoms with Crippen LogP contribution in [0, 0.1) is 17.3 Å². The molecule has 0 aromatic heterocycles. The van der Waals surface area contributed by atoms with Gasteiger partial charge in [0, 0.05) is 13.1 Å². The normalized spacial score (nSPS) is 35.1. The van der Waals surface area contributed by atoms with Crippen molar-refractivity contribution in [1.82, 2.24) is 15.5 Å². The monoisotopic (exact) mass is 363 g/mol. The molecule has 3 N–H and O–H groups in total. The number of rotatable bonds is 3. The predicted molar refractivity (Wildman–Crippen MR) is 98.8 cm³/mol. The molecule has 0 radical (unpaired) electrons. The molecule has 0 aromatic carbocycles. The number of carbonyl (C=O) groups is 2. The van der Waals surface area contributed by atoms with Crippen LogP contribution in [-0.4, -0.2) is 60.1 Å². The van der Waals surface area contributed by atoms with E-state index in [4.69, 9.17) is 0 Å². The van der Waals surface area contributed by atoms with Gasteiger partial charge < -0.3 is 20.6 Å². The Balaban J connectivity index is 1.43. The third kappa shape index (κ3) is 3.50. The molecular weight excluding hydrogens is 330 g/mol. The molecule has 4 aliphatic rings. The summed E-state index contributed by atoms with van der Waals surface area (Å²) < 4.78 is 0. The molecule has 4 fully saturated rings. The number of piperidine rings is 1. The van der Waals surface area contributed by atoms with Crippen LogP contribution in [0.5, 0.6) is 0 Å². The maximum absolute atomic E-state index is 13.2. The summed E-state index contributed by atoms with van der Waals surface area (Å²) in [5.41, 5.74) is 0.229. The van der Waals surface area contributed by atoms with E-state index in [2.05, 4.69) is 10.6 Å². The number of nitrogens with one attached hydrogen (secondary N) is 2. The number of carboxylic acids is 1. The lowest BCUT2D eigenvalue weighted by Gasteiger charge is -2.33. The average molecular weight is 364 g/mol. The Morgan fingerprint density at radius 1 is 1.04 bits per heavy atom. The van der Waals surface area contributed by atoms with Crippen molar-refractivity contribution < 1.29 is 14.7 Å². The molecule has 6 nitrogen and oxygen atoms in total. The number of nitrogens with zero attached hydrogens (tertiary/aromatic N) is 1. The van der Waals surface area contributed by atoms with E-state index >= 15 is 0 Å². The molecule has 1 unspecified atom stereocenters. The van der Waals surface area contributed by atoms with Crippen molar-refractivity contribution in [3.05, 3.63) is 0 Å². The fourth-order valence-corrected chi connectivity index (χ4v) is 5.92. The van der Waals surface area contributed by atoms with Crippen LogP contribution in [0.25, 0.3) is 0 Å². The summed E-state index contributed by atoms with van der Waals surface area (Å²) in [7, 11) is 0. The van der Waals surface area contributed by atoms with Crippen LogP contribution < -0.4 is 10.6 Å². The summed E-state index contributed by atoms with van der Waals surface area (Å²) in [6, 6.07) is -0.819. The third-order valence-corrected chi connectivity index (χ3v) is 7.54. The Labute approximate surface area is 156 Å². The number of carboxylic acid groups (broad SMARTS) is 1. The average Bonchev–Trinajstić information content (AvgIpc) is 3.28. The molecule has 1 aliphatic carbocycles. The van der Waals surface area contributed by atoms with Gasteiger partial charge in [-0.05, 0) is 56.0 Å². The second-order valence-electron chi connectivity index (χ2n) is 9.13. The van der Waals surface area contributed by atoms with E-state index < -0.39 is 12.0 Å². The summed E-state index contributed by atoms with van der Waals surface area (Å²) in [4.78, 5) is 26.7. The first kappa shape index (κ1) is 18.2. The quantitative estimate of drug-likeness (QED) is 0.710. The van der Waals surface area contributed by atoms with Crippen LogP contribution in [0.1, 0.15) is 57.8 Å². The molecule has 0 aromatic rings. The van der Waals surface area contributed by atoms with Gasteiger partial charge >= 0.3 is 5.97 Å². The van der Waals surface area contributed by atoms with Crippen molar-refractivity contribution in [3.8, 4) is 0 Å². The highest BCUT2D eigenvalue weighted by Crippen LogP contribution is 2.41. The van der Waals surface area contributed by atoms with E-state index in [1.165, 1.54) is 32.1 Å². The zero-order chi connectivity index (χ0) is 18.1. The third-order valence-electron chi connectivity index (χ3n) is 7.54. The van der Waals surface area contributed by atoms with Gasteiger partial charge in [0.1, 0.15) is 6.04 Å². The fraction of sp³-hybridized carbons (Fsp3) is 0.900. The van der Waals surface area contributed by atoms with Gasteiger partial charge in [0.25, 0.3) is 0 Å². The van der Waals surface area contributed by atoms with Crippen LogP contribution >= 0.6 is 0 Å². The molecule has 3 saturated heterocycles. The summed E-state index contributed by atoms with van der Waals surface area (Å²) in [5.74, 6) is 0.183. The molecule has 6 heteroatoms. The largest absolute Gasteiger partial charge is 0.480 e. The van der Waals surface area contributed by atoms with E-state index in [-0.39, 0.29) is 17.4 Å². The molecule has 1 amide bonds. The number of hydrogen-bond acceptors (Lipinski definition) is 4. The van der Waals surface area contributed by atoms with Gasteiger partial charge in [0.05, 0.1) is 6.04 Å². The van der Waals surface area contributed by atoms with E-state index in [0.29, 0.717) is 24.8 Å². The van der Waals surface area contributed by atoms with E-state index in [9.17, 15) is 14.7 Å². The summed E-state index contributed by atoms with van der Waals surface area (Å²) in [6.07, 6.45) is 9.96. The Morgan fingerprint density at radius 3 is 2.46 bits per heavy atom. The Hall–Kier alpha value is -1.14.